The topological polar surface area (TPSA) is 254 Å². The second-order valence-electron chi connectivity index (χ2n) is 14.6. The number of esters is 1. The molecule has 2 atom stereocenters. The van der Waals surface area contributed by atoms with Gasteiger partial charge in [0.05, 0.1) is 43.5 Å². The number of rotatable bonds is 8. The number of pyridine rings is 2. The highest BCUT2D eigenvalue weighted by Gasteiger charge is 2.39. The Labute approximate surface area is 350 Å². The summed E-state index contributed by atoms with van der Waals surface area (Å²) in [7, 11) is 1.31. The van der Waals surface area contributed by atoms with Crippen molar-refractivity contribution in [3.63, 3.8) is 0 Å². The molecule has 4 fully saturated rings. The van der Waals surface area contributed by atoms with Gasteiger partial charge < -0.3 is 19.6 Å². The number of nitrogens with zero attached hydrogens (tertiary/aromatic N) is 12. The molecule has 0 aliphatic carbocycles. The molecule has 8 heterocycles. The predicted octanol–water partition coefficient (Wildman–Crippen LogP) is 3.21. The van der Waals surface area contributed by atoms with Crippen molar-refractivity contribution in [3.05, 3.63) is 95.1 Å². The number of anilines is 2. The summed E-state index contributed by atoms with van der Waals surface area (Å²) in [5.74, 6) is -1.35. The van der Waals surface area contributed by atoms with Crippen LogP contribution in [0.5, 0.6) is 0 Å². The van der Waals surface area contributed by atoms with E-state index in [0.29, 0.717) is 101 Å². The number of carboxylic acid groups (broad SMARTS) is 1. The first-order valence-electron chi connectivity index (χ1n) is 19.8. The molecule has 314 valence electrons. The molecule has 1 N–H and O–H groups in total. The predicted molar refractivity (Wildman–Crippen MR) is 210 cm³/mol. The van der Waals surface area contributed by atoms with Crippen LogP contribution in [-0.4, -0.2) is 115 Å². The lowest BCUT2D eigenvalue weighted by molar-refractivity contribution is -0.182. The van der Waals surface area contributed by atoms with Crippen molar-refractivity contribution in [1.82, 2.24) is 40.0 Å². The number of aromatic carboxylic acids is 1. The molecule has 0 bridgehead atoms. The SMILES string of the molecule is COC(=O)c1ccnc(N2CCC(C(=O)N3OCC[C@H]3c3cncc(C#N)c3)CC2)n1.N#Cc1cncc([C@@H]2CCON2C(=O)C2CCN(c3nccc(C(=O)O)n3)CC2)c1. The molecule has 61 heavy (non-hydrogen) atoms. The Morgan fingerprint density at radius 3 is 1.56 bits per heavy atom. The Kier molecular flexibility index (Phi) is 13.3. The standard InChI is InChI=1S/C21H22N6O4.C20H20N6O4/c1-30-20(29)17-2-6-24-21(25-17)26-7-3-15(4-8-26)19(28)27-18(5-9-31-27)16-10-14(11-22)12-23-13-16;21-10-13-9-15(12-22-11-13)17-4-8-30-26(17)18(27)14-2-6-25(7-3-14)20-23-5-1-16(24-20)19(28)29/h2,6,10,12-13,15,18H,3-5,7-9H2,1H3;1,5,9,11-12,14,17H,2-4,6-8H2,(H,28,29)/t18-;17-/m00/s1. The molecule has 8 rings (SSSR count). The van der Waals surface area contributed by atoms with E-state index in [0.717, 1.165) is 11.1 Å². The summed E-state index contributed by atoms with van der Waals surface area (Å²) in [5, 5.41) is 30.2. The van der Waals surface area contributed by atoms with Crippen LogP contribution < -0.4 is 9.80 Å². The van der Waals surface area contributed by atoms with Gasteiger partial charge in [-0.3, -0.25) is 29.2 Å². The van der Waals surface area contributed by atoms with E-state index in [2.05, 4.69) is 42.0 Å². The van der Waals surface area contributed by atoms with Crippen molar-refractivity contribution >= 4 is 35.6 Å². The normalized spacial score (nSPS) is 19.3. The van der Waals surface area contributed by atoms with Crippen molar-refractivity contribution in [2.24, 2.45) is 11.8 Å². The summed E-state index contributed by atoms with van der Waals surface area (Å²) in [6.45, 7) is 3.14. The highest BCUT2D eigenvalue weighted by atomic mass is 16.7. The van der Waals surface area contributed by atoms with Crippen molar-refractivity contribution in [2.45, 2.75) is 50.6 Å². The van der Waals surface area contributed by atoms with Crippen LogP contribution in [0.15, 0.2) is 61.4 Å². The zero-order valence-electron chi connectivity index (χ0n) is 33.2. The van der Waals surface area contributed by atoms with Gasteiger partial charge in [-0.05, 0) is 61.1 Å². The van der Waals surface area contributed by atoms with Gasteiger partial charge in [0.15, 0.2) is 11.4 Å². The van der Waals surface area contributed by atoms with Gasteiger partial charge in [0.1, 0.15) is 12.1 Å². The van der Waals surface area contributed by atoms with E-state index >= 15 is 0 Å². The minimum absolute atomic E-state index is 0.0558. The largest absolute Gasteiger partial charge is 0.477 e. The van der Waals surface area contributed by atoms with Crippen LogP contribution in [0.3, 0.4) is 0 Å². The maximum Gasteiger partial charge on any atom is 0.356 e. The molecule has 4 aromatic rings. The number of hydrogen-bond donors (Lipinski definition) is 1. The molecule has 4 aromatic heterocycles. The van der Waals surface area contributed by atoms with Crippen LogP contribution in [0.1, 0.15) is 93.8 Å². The van der Waals surface area contributed by atoms with Crippen LogP contribution >= 0.6 is 0 Å². The molecule has 4 aliphatic rings. The average Bonchev–Trinajstić information content (AvgIpc) is 4.03. The molecule has 0 aromatic carbocycles. The maximum atomic E-state index is 13.2. The van der Waals surface area contributed by atoms with Gasteiger partial charge >= 0.3 is 11.9 Å². The summed E-state index contributed by atoms with van der Waals surface area (Å²) in [4.78, 5) is 89.2. The Hall–Kier alpha value is -7.16. The van der Waals surface area contributed by atoms with Gasteiger partial charge in [0, 0.05) is 88.0 Å². The first-order valence-corrected chi connectivity index (χ1v) is 19.8. The molecule has 0 radical (unpaired) electrons. The van der Waals surface area contributed by atoms with Crippen molar-refractivity contribution in [1.29, 1.82) is 10.5 Å². The van der Waals surface area contributed by atoms with E-state index in [9.17, 15) is 19.2 Å². The number of carbonyl (C=O) groups excluding carboxylic acids is 3. The Balaban J connectivity index is 0.000000184. The fraction of sp³-hybridized carbons (Fsp3) is 0.415. The molecule has 0 unspecified atom stereocenters. The molecule has 20 nitrogen and oxygen atoms in total. The Morgan fingerprint density at radius 1 is 0.689 bits per heavy atom. The van der Waals surface area contributed by atoms with Crippen molar-refractivity contribution < 1.29 is 38.7 Å². The summed E-state index contributed by atoms with van der Waals surface area (Å²) in [5.41, 5.74) is 2.64. The second-order valence-corrected chi connectivity index (χ2v) is 14.6. The molecule has 20 heteroatoms. The summed E-state index contributed by atoms with van der Waals surface area (Å²) >= 11 is 0. The second kappa shape index (κ2) is 19.3. The fourth-order valence-corrected chi connectivity index (χ4v) is 7.73. The third-order valence-electron chi connectivity index (χ3n) is 10.9. The molecular weight excluding hydrogens is 789 g/mol. The number of methoxy groups -OCH3 is 1. The van der Waals surface area contributed by atoms with Crippen LogP contribution in [0, 0.1) is 34.5 Å². The van der Waals surface area contributed by atoms with Crippen LogP contribution in [-0.2, 0) is 24.0 Å². The van der Waals surface area contributed by atoms with Gasteiger partial charge in [-0.1, -0.05) is 0 Å². The monoisotopic (exact) mass is 830 g/mol. The molecule has 4 saturated heterocycles. The summed E-state index contributed by atoms with van der Waals surface area (Å²) in [6.07, 6.45) is 13.0. The summed E-state index contributed by atoms with van der Waals surface area (Å²) < 4.78 is 4.71. The van der Waals surface area contributed by atoms with Crippen molar-refractivity contribution in [2.75, 3.05) is 56.3 Å². The number of aromatic nitrogens is 6. The number of piperidine rings is 2. The maximum absolute atomic E-state index is 13.2. The number of hydroxylamine groups is 4. The minimum Gasteiger partial charge on any atom is -0.477 e. The van der Waals surface area contributed by atoms with E-state index < -0.39 is 11.9 Å². The lowest BCUT2D eigenvalue weighted by atomic mass is 9.94. The van der Waals surface area contributed by atoms with E-state index in [4.69, 9.17) is 30.0 Å². The van der Waals surface area contributed by atoms with E-state index in [1.165, 1.54) is 54.2 Å². The van der Waals surface area contributed by atoms with Crippen LogP contribution in [0.4, 0.5) is 11.9 Å². The van der Waals surface area contributed by atoms with Gasteiger partial charge in [-0.25, -0.2) is 39.7 Å². The zero-order valence-corrected chi connectivity index (χ0v) is 33.2. The lowest BCUT2D eigenvalue weighted by Gasteiger charge is -2.34. The average molecular weight is 831 g/mol. The minimum atomic E-state index is -1.10. The van der Waals surface area contributed by atoms with E-state index in [-0.39, 0.29) is 47.1 Å². The molecular formula is C41H42N12O8. The number of carboxylic acids is 1. The third-order valence-corrected chi connectivity index (χ3v) is 10.9. The number of ether oxygens (including phenoxy) is 1. The Bertz CT molecular complexity index is 2340. The van der Waals surface area contributed by atoms with Crippen molar-refractivity contribution in [3.8, 4) is 12.1 Å². The molecule has 0 spiro atoms. The van der Waals surface area contributed by atoms with Crippen LogP contribution in [0.25, 0.3) is 0 Å². The highest BCUT2D eigenvalue weighted by molar-refractivity contribution is 5.87. The fourth-order valence-electron chi connectivity index (χ4n) is 7.73. The summed E-state index contributed by atoms with van der Waals surface area (Å²) in [6, 6.07) is 9.99. The van der Waals surface area contributed by atoms with Gasteiger partial charge in [-0.2, -0.15) is 10.5 Å². The lowest BCUT2D eigenvalue weighted by Crippen LogP contribution is -2.42. The quantitative estimate of drug-likeness (QED) is 0.250. The first-order chi connectivity index (χ1) is 29.7. The molecule has 0 saturated carbocycles. The number of hydrogen-bond acceptors (Lipinski definition) is 17. The number of amides is 2. The van der Waals surface area contributed by atoms with Gasteiger partial charge in [-0.15, -0.1) is 0 Å². The smallest absolute Gasteiger partial charge is 0.356 e. The van der Waals surface area contributed by atoms with E-state index in [1.807, 2.05) is 9.80 Å². The van der Waals surface area contributed by atoms with E-state index in [1.54, 1.807) is 24.5 Å². The first kappa shape index (κ1) is 42.0. The molecule has 2 amide bonds. The number of carbonyl (C=O) groups is 4. The third kappa shape index (κ3) is 9.67. The Morgan fingerprint density at radius 2 is 1.13 bits per heavy atom. The zero-order chi connectivity index (χ0) is 42.9. The van der Waals surface area contributed by atoms with Crippen LogP contribution in [0.2, 0.25) is 0 Å². The molecule has 4 aliphatic heterocycles. The van der Waals surface area contributed by atoms with Gasteiger partial charge in [0.25, 0.3) is 0 Å². The van der Waals surface area contributed by atoms with Gasteiger partial charge in [0.2, 0.25) is 23.7 Å². The number of nitriles is 2. The highest BCUT2D eigenvalue weighted by Crippen LogP contribution is 2.35.